The molecule has 3 rings (SSSR count). The van der Waals surface area contributed by atoms with Crippen molar-refractivity contribution in [3.05, 3.63) is 35.7 Å². The first-order chi connectivity index (χ1) is 17.7. The highest BCUT2D eigenvalue weighted by Gasteiger charge is 2.45. The molecule has 1 saturated heterocycles. The van der Waals surface area contributed by atoms with Gasteiger partial charge in [0, 0.05) is 13.0 Å². The molecule has 0 radical (unpaired) electrons. The average molecular weight is 524 g/mol. The maximum Gasteiger partial charge on any atom is 0.343 e. The minimum Gasteiger partial charge on any atom is -0.481 e. The van der Waals surface area contributed by atoms with E-state index in [0.29, 0.717) is 11.4 Å². The van der Waals surface area contributed by atoms with Crippen molar-refractivity contribution in [3.8, 4) is 11.4 Å². The molecule has 1 fully saturated rings. The summed E-state index contributed by atoms with van der Waals surface area (Å²) in [5.74, 6) is -1.75. The van der Waals surface area contributed by atoms with E-state index in [-0.39, 0.29) is 17.9 Å². The number of aliphatic hydroxyl groups excluding tert-OH is 3. The molecule has 5 atom stereocenters. The summed E-state index contributed by atoms with van der Waals surface area (Å²) in [5.41, 5.74) is 0.826. The molecule has 202 valence electrons. The molecule has 0 spiro atoms. The summed E-state index contributed by atoms with van der Waals surface area (Å²) in [6.07, 6.45) is -3.72. The largest absolute Gasteiger partial charge is 0.481 e. The molecular formula is C22H28N4O11. The molecule has 1 amide bonds. The van der Waals surface area contributed by atoms with Crippen LogP contribution in [0.15, 0.2) is 24.4 Å². The van der Waals surface area contributed by atoms with Crippen molar-refractivity contribution in [2.45, 2.75) is 44.2 Å². The van der Waals surface area contributed by atoms with Crippen molar-refractivity contribution in [1.29, 1.82) is 0 Å². The van der Waals surface area contributed by atoms with Crippen molar-refractivity contribution in [2.75, 3.05) is 27.4 Å². The minimum atomic E-state index is -1.45. The van der Waals surface area contributed by atoms with Crippen LogP contribution in [0.2, 0.25) is 0 Å². The van der Waals surface area contributed by atoms with E-state index in [1.807, 2.05) is 0 Å². The molecule has 0 unspecified atom stereocenters. The van der Waals surface area contributed by atoms with Crippen molar-refractivity contribution in [2.24, 2.45) is 0 Å². The van der Waals surface area contributed by atoms with E-state index in [9.17, 15) is 29.7 Å². The molecular weight excluding hydrogens is 496 g/mol. The number of esters is 2. The highest BCUT2D eigenvalue weighted by Crippen LogP contribution is 2.25. The van der Waals surface area contributed by atoms with Crippen LogP contribution in [0.4, 0.5) is 0 Å². The fraction of sp³-hybridized carbons (Fsp3) is 0.500. The van der Waals surface area contributed by atoms with Crippen LogP contribution in [0.1, 0.15) is 23.0 Å². The Bertz CT molecular complexity index is 1110. The van der Waals surface area contributed by atoms with E-state index in [0.717, 1.165) is 0 Å². The lowest BCUT2D eigenvalue weighted by Crippen LogP contribution is -2.64. The molecule has 0 aliphatic carbocycles. The number of carbonyl (C=O) groups excluding carboxylic acids is 3. The predicted octanol–water partition coefficient (Wildman–Crippen LogP) is -1.93. The van der Waals surface area contributed by atoms with Gasteiger partial charge < -0.3 is 44.3 Å². The molecule has 2 heterocycles. The number of aliphatic hydroxyl groups is 3. The van der Waals surface area contributed by atoms with Gasteiger partial charge in [0.25, 0.3) is 0 Å². The standard InChI is InChI=1S/C22H28N4O11/c1-11(28)23-18-20(31)19(30)16(8-27)37-22(18)36-9-12-7-26(25-24-12)13-4-5-14(21(32)34-3)15(6-13)35-10-17(29)33-2/h4-7,16,18-20,22,27,30-31H,8-10H2,1-3H3,(H,23,28)/t16-,18-,19+,20-,22-/m0/s1. The number of aromatic nitrogens is 3. The lowest BCUT2D eigenvalue weighted by molar-refractivity contribution is -0.273. The Labute approximate surface area is 210 Å². The van der Waals surface area contributed by atoms with E-state index in [2.05, 4.69) is 20.4 Å². The van der Waals surface area contributed by atoms with Crippen LogP contribution in [0.3, 0.4) is 0 Å². The van der Waals surface area contributed by atoms with Crippen LogP contribution < -0.4 is 10.1 Å². The van der Waals surface area contributed by atoms with Gasteiger partial charge >= 0.3 is 11.9 Å². The van der Waals surface area contributed by atoms with Crippen LogP contribution in [0.5, 0.6) is 5.75 Å². The molecule has 1 aliphatic rings. The second-order valence-electron chi connectivity index (χ2n) is 7.94. The molecule has 2 aromatic rings. The lowest BCUT2D eigenvalue weighted by atomic mass is 9.97. The van der Waals surface area contributed by atoms with Crippen LogP contribution in [-0.4, -0.2) is 106 Å². The van der Waals surface area contributed by atoms with Crippen LogP contribution >= 0.6 is 0 Å². The van der Waals surface area contributed by atoms with Gasteiger partial charge in [-0.25, -0.2) is 14.3 Å². The summed E-state index contributed by atoms with van der Waals surface area (Å²) in [4.78, 5) is 35.1. The number of carbonyl (C=O) groups is 3. The fourth-order valence-electron chi connectivity index (χ4n) is 3.52. The first-order valence-corrected chi connectivity index (χ1v) is 11.0. The highest BCUT2D eigenvalue weighted by molar-refractivity contribution is 5.93. The molecule has 15 heteroatoms. The molecule has 1 aromatic carbocycles. The third-order valence-corrected chi connectivity index (χ3v) is 5.40. The van der Waals surface area contributed by atoms with E-state index in [1.54, 1.807) is 6.07 Å². The second kappa shape index (κ2) is 12.6. The summed E-state index contributed by atoms with van der Waals surface area (Å²) in [5, 5.41) is 40.4. The highest BCUT2D eigenvalue weighted by atomic mass is 16.7. The van der Waals surface area contributed by atoms with Gasteiger partial charge in [0.2, 0.25) is 5.91 Å². The summed E-state index contributed by atoms with van der Waals surface area (Å²) in [6.45, 7) is 0.0395. The Morgan fingerprint density at radius 2 is 1.92 bits per heavy atom. The molecule has 15 nitrogen and oxygen atoms in total. The monoisotopic (exact) mass is 524 g/mol. The van der Waals surface area contributed by atoms with E-state index in [4.69, 9.17) is 18.9 Å². The Hall–Kier alpha value is -3.63. The number of amides is 1. The smallest absolute Gasteiger partial charge is 0.343 e. The number of ether oxygens (including phenoxy) is 5. The molecule has 0 bridgehead atoms. The maximum absolute atomic E-state index is 12.1. The lowest BCUT2D eigenvalue weighted by Gasteiger charge is -2.42. The molecule has 4 N–H and O–H groups in total. The topological polar surface area (TPSA) is 201 Å². The number of hydrogen-bond acceptors (Lipinski definition) is 13. The summed E-state index contributed by atoms with van der Waals surface area (Å²) < 4.78 is 27.2. The van der Waals surface area contributed by atoms with Gasteiger partial charge in [-0.3, -0.25) is 4.79 Å². The van der Waals surface area contributed by atoms with Crippen LogP contribution in [-0.2, 0) is 35.1 Å². The Balaban J connectivity index is 1.76. The SMILES string of the molecule is COC(=O)COc1cc(-n2cc(CO[C@H]3O[C@@H](CO)[C@@H](O)[C@@H](O)[C@@H]3NC(C)=O)nn2)ccc1C(=O)OC. The molecule has 37 heavy (non-hydrogen) atoms. The van der Waals surface area contributed by atoms with Gasteiger partial charge in [-0.2, -0.15) is 0 Å². The number of methoxy groups -OCH3 is 2. The Morgan fingerprint density at radius 3 is 2.57 bits per heavy atom. The minimum absolute atomic E-state index is 0.0550. The Morgan fingerprint density at radius 1 is 1.16 bits per heavy atom. The van der Waals surface area contributed by atoms with E-state index < -0.39 is 61.7 Å². The zero-order valence-electron chi connectivity index (χ0n) is 20.3. The van der Waals surface area contributed by atoms with Crippen LogP contribution in [0.25, 0.3) is 5.69 Å². The third-order valence-electron chi connectivity index (χ3n) is 5.40. The van der Waals surface area contributed by atoms with Crippen molar-refractivity contribution >= 4 is 17.8 Å². The first-order valence-electron chi connectivity index (χ1n) is 11.0. The molecule has 0 saturated carbocycles. The summed E-state index contributed by atoms with van der Waals surface area (Å²) >= 11 is 0. The number of benzene rings is 1. The summed E-state index contributed by atoms with van der Waals surface area (Å²) in [6, 6.07) is 3.33. The van der Waals surface area contributed by atoms with Crippen molar-refractivity contribution in [3.63, 3.8) is 0 Å². The van der Waals surface area contributed by atoms with Gasteiger partial charge in [0.05, 0.1) is 39.3 Å². The number of rotatable bonds is 10. The van der Waals surface area contributed by atoms with E-state index in [1.165, 1.54) is 44.2 Å². The summed E-state index contributed by atoms with van der Waals surface area (Å²) in [7, 11) is 2.41. The zero-order chi connectivity index (χ0) is 27.1. The Kier molecular flexibility index (Phi) is 9.48. The molecule has 1 aromatic heterocycles. The fourth-order valence-corrected chi connectivity index (χ4v) is 3.52. The molecule has 1 aliphatic heterocycles. The second-order valence-corrected chi connectivity index (χ2v) is 7.94. The van der Waals surface area contributed by atoms with Gasteiger partial charge in [0.15, 0.2) is 12.9 Å². The number of hydrogen-bond donors (Lipinski definition) is 4. The van der Waals surface area contributed by atoms with Gasteiger partial charge in [0.1, 0.15) is 41.4 Å². The van der Waals surface area contributed by atoms with Gasteiger partial charge in [-0.05, 0) is 12.1 Å². The number of nitrogens with zero attached hydrogens (tertiary/aromatic N) is 3. The van der Waals surface area contributed by atoms with Crippen molar-refractivity contribution < 1.29 is 53.4 Å². The van der Waals surface area contributed by atoms with Crippen molar-refractivity contribution in [1.82, 2.24) is 20.3 Å². The normalized spacial score (nSPS) is 23.2. The third kappa shape index (κ3) is 6.78. The predicted molar refractivity (Wildman–Crippen MR) is 120 cm³/mol. The van der Waals surface area contributed by atoms with Gasteiger partial charge in [-0.1, -0.05) is 5.21 Å². The van der Waals surface area contributed by atoms with E-state index >= 15 is 0 Å². The van der Waals surface area contributed by atoms with Crippen LogP contribution in [0, 0.1) is 0 Å². The number of nitrogens with one attached hydrogen (secondary N) is 1. The quantitative estimate of drug-likeness (QED) is 0.251. The van der Waals surface area contributed by atoms with Gasteiger partial charge in [-0.15, -0.1) is 5.10 Å². The maximum atomic E-state index is 12.1. The zero-order valence-corrected chi connectivity index (χ0v) is 20.3. The average Bonchev–Trinajstić information content (AvgIpc) is 3.37. The first kappa shape index (κ1) is 27.9.